The van der Waals surface area contributed by atoms with Gasteiger partial charge >= 0.3 is 6.09 Å². The molecule has 6 nitrogen and oxygen atoms in total. The molecule has 3 rings (SSSR count). The van der Waals surface area contributed by atoms with E-state index in [-0.39, 0.29) is 12.1 Å². The highest BCUT2D eigenvalue weighted by Gasteiger charge is 2.25. The van der Waals surface area contributed by atoms with Crippen molar-refractivity contribution in [2.45, 2.75) is 13.0 Å². The predicted molar refractivity (Wildman–Crippen MR) is 84.2 cm³/mol. The molecule has 0 aliphatic carbocycles. The fourth-order valence-corrected chi connectivity index (χ4v) is 2.42. The molecule has 2 aromatic rings. The van der Waals surface area contributed by atoms with Crippen molar-refractivity contribution < 1.29 is 9.53 Å². The Labute approximate surface area is 133 Å². The third-order valence-electron chi connectivity index (χ3n) is 3.37. The van der Waals surface area contributed by atoms with E-state index in [9.17, 15) is 4.79 Å². The second-order valence-corrected chi connectivity index (χ2v) is 5.36. The number of carbonyl (C=O) groups excluding carboxylic acids is 1. The van der Waals surface area contributed by atoms with Gasteiger partial charge in [-0.25, -0.2) is 9.78 Å². The molecule has 0 bridgehead atoms. The van der Waals surface area contributed by atoms with Crippen molar-refractivity contribution in [2.75, 3.05) is 23.4 Å². The van der Waals surface area contributed by atoms with Crippen molar-refractivity contribution in [3.8, 4) is 0 Å². The van der Waals surface area contributed by atoms with Gasteiger partial charge in [-0.05, 0) is 30.7 Å². The second-order valence-electron chi connectivity index (χ2n) is 4.93. The Morgan fingerprint density at radius 1 is 1.41 bits per heavy atom. The van der Waals surface area contributed by atoms with E-state index in [4.69, 9.17) is 16.3 Å². The lowest BCUT2D eigenvalue weighted by atomic mass is 10.1. The topological polar surface area (TPSA) is 67.3 Å². The molecule has 1 amide bonds. The minimum Gasteiger partial charge on any atom is -0.447 e. The van der Waals surface area contributed by atoms with Crippen LogP contribution in [-0.4, -0.2) is 29.2 Å². The highest BCUT2D eigenvalue weighted by molar-refractivity contribution is 6.30. The molecule has 22 heavy (non-hydrogen) atoms. The van der Waals surface area contributed by atoms with Crippen LogP contribution >= 0.6 is 11.6 Å². The smallest absolute Gasteiger partial charge is 0.415 e. The maximum Gasteiger partial charge on any atom is 0.415 e. The number of ether oxygens (including phenoxy) is 1. The molecule has 1 N–H and O–H groups in total. The Balaban J connectivity index is 1.76. The Hall–Kier alpha value is -2.34. The monoisotopic (exact) mass is 318 g/mol. The van der Waals surface area contributed by atoms with E-state index in [0.717, 1.165) is 5.56 Å². The van der Waals surface area contributed by atoms with Crippen molar-refractivity contribution in [3.05, 3.63) is 47.1 Å². The number of halogens is 1. The average Bonchev–Trinajstić information content (AvgIpc) is 2.94. The Kier molecular flexibility index (Phi) is 4.11. The van der Waals surface area contributed by atoms with Gasteiger partial charge in [0.25, 0.3) is 0 Å². The molecule has 1 aromatic heterocycles. The zero-order chi connectivity index (χ0) is 15.5. The number of amides is 1. The molecular weight excluding hydrogens is 304 g/mol. The highest BCUT2D eigenvalue weighted by atomic mass is 35.5. The summed E-state index contributed by atoms with van der Waals surface area (Å²) < 4.78 is 4.91. The Bertz CT molecular complexity index is 695. The Morgan fingerprint density at radius 3 is 3.00 bits per heavy atom. The van der Waals surface area contributed by atoms with E-state index in [1.165, 1.54) is 4.90 Å². The van der Waals surface area contributed by atoms with Crippen LogP contribution in [-0.2, 0) is 4.74 Å². The van der Waals surface area contributed by atoms with Crippen LogP contribution in [0.15, 0.2) is 36.5 Å². The minimum atomic E-state index is -0.382. The molecule has 1 aliphatic rings. The highest BCUT2D eigenvalue weighted by Crippen LogP contribution is 2.22. The number of nitrogens with one attached hydrogen (secondary N) is 1. The number of hydrogen-bond acceptors (Lipinski definition) is 5. The molecule has 1 fully saturated rings. The lowest BCUT2D eigenvalue weighted by molar-refractivity contribution is 0.181. The third kappa shape index (κ3) is 3.12. The van der Waals surface area contributed by atoms with Gasteiger partial charge in [-0.15, -0.1) is 0 Å². The average molecular weight is 319 g/mol. The SMILES string of the molecule is CC(Nc1nccc(N2CCOC2=O)n1)c1cccc(Cl)c1. The summed E-state index contributed by atoms with van der Waals surface area (Å²) in [5.74, 6) is 0.975. The molecule has 1 aliphatic heterocycles. The lowest BCUT2D eigenvalue weighted by Gasteiger charge is -2.16. The predicted octanol–water partition coefficient (Wildman–Crippen LogP) is 3.26. The maximum atomic E-state index is 11.6. The number of anilines is 2. The van der Waals surface area contributed by atoms with Gasteiger partial charge < -0.3 is 10.1 Å². The van der Waals surface area contributed by atoms with Crippen molar-refractivity contribution in [1.29, 1.82) is 0 Å². The quantitative estimate of drug-likeness (QED) is 0.937. The normalized spacial score (nSPS) is 15.5. The van der Waals surface area contributed by atoms with E-state index in [1.54, 1.807) is 12.3 Å². The van der Waals surface area contributed by atoms with Crippen LogP contribution < -0.4 is 10.2 Å². The molecule has 0 saturated carbocycles. The van der Waals surface area contributed by atoms with Crippen LogP contribution in [0.25, 0.3) is 0 Å². The van der Waals surface area contributed by atoms with E-state index in [2.05, 4.69) is 15.3 Å². The maximum absolute atomic E-state index is 11.6. The molecule has 1 saturated heterocycles. The standard InChI is InChI=1S/C15H15ClN4O2/c1-10(11-3-2-4-12(16)9-11)18-14-17-6-5-13(19-14)20-7-8-22-15(20)21/h2-6,9-10H,7-8H2,1H3,(H,17,18,19). The molecule has 1 unspecified atom stereocenters. The first kappa shape index (κ1) is 14.6. The van der Waals surface area contributed by atoms with Gasteiger partial charge in [-0.1, -0.05) is 23.7 Å². The van der Waals surface area contributed by atoms with E-state index >= 15 is 0 Å². The summed E-state index contributed by atoms with van der Waals surface area (Å²) in [5.41, 5.74) is 1.03. The molecule has 0 radical (unpaired) electrons. The lowest BCUT2D eigenvalue weighted by Crippen LogP contribution is -2.25. The largest absolute Gasteiger partial charge is 0.447 e. The summed E-state index contributed by atoms with van der Waals surface area (Å²) in [6, 6.07) is 9.26. The van der Waals surface area contributed by atoms with Crippen molar-refractivity contribution in [3.63, 3.8) is 0 Å². The van der Waals surface area contributed by atoms with Gasteiger partial charge in [0.1, 0.15) is 12.4 Å². The van der Waals surface area contributed by atoms with Crippen LogP contribution in [0.1, 0.15) is 18.5 Å². The first-order valence-electron chi connectivity index (χ1n) is 6.93. The fourth-order valence-electron chi connectivity index (χ4n) is 2.22. The van der Waals surface area contributed by atoms with Crippen LogP contribution in [0, 0.1) is 0 Å². The van der Waals surface area contributed by atoms with E-state index < -0.39 is 0 Å². The minimum absolute atomic E-state index is 0.0144. The zero-order valence-corrected chi connectivity index (χ0v) is 12.7. The van der Waals surface area contributed by atoms with Gasteiger partial charge in [-0.2, -0.15) is 4.98 Å². The van der Waals surface area contributed by atoms with Crippen LogP contribution in [0.5, 0.6) is 0 Å². The van der Waals surface area contributed by atoms with E-state index in [0.29, 0.717) is 29.9 Å². The van der Waals surface area contributed by atoms with Crippen LogP contribution in [0.2, 0.25) is 5.02 Å². The van der Waals surface area contributed by atoms with Gasteiger partial charge in [0, 0.05) is 11.2 Å². The molecular formula is C15H15ClN4O2. The van der Waals surface area contributed by atoms with Crippen molar-refractivity contribution in [2.24, 2.45) is 0 Å². The summed E-state index contributed by atoms with van der Waals surface area (Å²) >= 11 is 6.00. The molecule has 1 atom stereocenters. The van der Waals surface area contributed by atoms with E-state index in [1.807, 2.05) is 31.2 Å². The molecule has 0 spiro atoms. The molecule has 7 heteroatoms. The number of cyclic esters (lactones) is 1. The number of carbonyl (C=O) groups is 1. The van der Waals surface area contributed by atoms with Crippen molar-refractivity contribution in [1.82, 2.24) is 9.97 Å². The van der Waals surface area contributed by atoms with Crippen LogP contribution in [0.3, 0.4) is 0 Å². The Morgan fingerprint density at radius 2 is 2.27 bits per heavy atom. The third-order valence-corrected chi connectivity index (χ3v) is 3.61. The number of nitrogens with zero attached hydrogens (tertiary/aromatic N) is 3. The molecule has 2 heterocycles. The first-order chi connectivity index (χ1) is 10.6. The summed E-state index contributed by atoms with van der Waals surface area (Å²) in [5, 5.41) is 3.89. The van der Waals surface area contributed by atoms with Gasteiger partial charge in [0.2, 0.25) is 5.95 Å². The number of hydrogen-bond donors (Lipinski definition) is 1. The molecule has 1 aromatic carbocycles. The first-order valence-corrected chi connectivity index (χ1v) is 7.30. The number of rotatable bonds is 4. The molecule has 114 valence electrons. The summed E-state index contributed by atoms with van der Waals surface area (Å²) in [7, 11) is 0. The fraction of sp³-hybridized carbons (Fsp3) is 0.267. The summed E-state index contributed by atoms with van der Waals surface area (Å²) in [6.07, 6.45) is 1.23. The summed E-state index contributed by atoms with van der Waals surface area (Å²) in [4.78, 5) is 21.6. The number of benzene rings is 1. The second kappa shape index (κ2) is 6.19. The van der Waals surface area contributed by atoms with Gasteiger partial charge in [0.15, 0.2) is 0 Å². The van der Waals surface area contributed by atoms with Gasteiger partial charge in [0.05, 0.1) is 12.6 Å². The van der Waals surface area contributed by atoms with Crippen molar-refractivity contribution >= 4 is 29.5 Å². The van der Waals surface area contributed by atoms with Crippen LogP contribution in [0.4, 0.5) is 16.6 Å². The number of aromatic nitrogens is 2. The van der Waals surface area contributed by atoms with Gasteiger partial charge in [-0.3, -0.25) is 4.90 Å². The summed E-state index contributed by atoms with van der Waals surface area (Å²) in [6.45, 7) is 2.87. The zero-order valence-electron chi connectivity index (χ0n) is 12.0.